The van der Waals surface area contributed by atoms with Gasteiger partial charge in [0.1, 0.15) is 5.75 Å². The zero-order chi connectivity index (χ0) is 16.8. The third kappa shape index (κ3) is 4.45. The minimum atomic E-state index is -0.491. The summed E-state index contributed by atoms with van der Waals surface area (Å²) < 4.78 is 16.9. The number of hydrogen-bond donors (Lipinski definition) is 0. The fraction of sp³-hybridized carbons (Fsp3) is 0.111. The molecule has 0 unspecified atom stereocenters. The molecule has 0 fully saturated rings. The summed E-state index contributed by atoms with van der Waals surface area (Å²) in [7, 11) is 0. The Hall–Kier alpha value is -2.60. The molecule has 0 amide bonds. The number of carbonyl (C=O) groups is 1. The highest BCUT2D eigenvalue weighted by Crippen LogP contribution is 2.20. The van der Waals surface area contributed by atoms with Crippen molar-refractivity contribution in [2.75, 3.05) is 6.61 Å². The van der Waals surface area contributed by atoms with Crippen LogP contribution in [0.5, 0.6) is 5.75 Å². The minimum absolute atomic E-state index is 0.0342. The maximum Gasteiger partial charge on any atom is 0.344 e. The molecular formula is C18H14BrNO4. The molecule has 122 valence electrons. The van der Waals surface area contributed by atoms with Gasteiger partial charge in [-0.15, -0.1) is 0 Å². The summed E-state index contributed by atoms with van der Waals surface area (Å²) in [5.74, 6) is 1.06. The first-order valence-corrected chi connectivity index (χ1v) is 8.04. The predicted molar refractivity (Wildman–Crippen MR) is 91.4 cm³/mol. The van der Waals surface area contributed by atoms with E-state index < -0.39 is 5.97 Å². The Morgan fingerprint density at radius 1 is 1.12 bits per heavy atom. The normalized spacial score (nSPS) is 10.4. The van der Waals surface area contributed by atoms with Crippen LogP contribution in [0.4, 0.5) is 0 Å². The number of halogens is 1. The molecule has 5 nitrogen and oxygen atoms in total. The molecule has 0 atom stereocenters. The highest BCUT2D eigenvalue weighted by Gasteiger charge is 2.10. The Morgan fingerprint density at radius 3 is 2.75 bits per heavy atom. The van der Waals surface area contributed by atoms with Crippen molar-refractivity contribution in [2.45, 2.75) is 6.61 Å². The molecule has 3 aromatic rings. The van der Waals surface area contributed by atoms with E-state index in [0.29, 0.717) is 17.4 Å². The van der Waals surface area contributed by atoms with Crippen LogP contribution in [0.3, 0.4) is 0 Å². The average Bonchev–Trinajstić information content (AvgIpc) is 3.08. The van der Waals surface area contributed by atoms with Gasteiger partial charge in [0.2, 0.25) is 5.89 Å². The number of hydrogen-bond acceptors (Lipinski definition) is 5. The third-order valence-corrected chi connectivity index (χ3v) is 3.61. The van der Waals surface area contributed by atoms with E-state index in [2.05, 4.69) is 20.9 Å². The zero-order valence-corrected chi connectivity index (χ0v) is 14.2. The molecule has 3 rings (SSSR count). The van der Waals surface area contributed by atoms with Crippen LogP contribution in [0.2, 0.25) is 0 Å². The Bertz CT molecular complexity index is 817. The predicted octanol–water partition coefficient (Wildman–Crippen LogP) is 4.23. The molecule has 0 radical (unpaired) electrons. The lowest BCUT2D eigenvalue weighted by atomic mass is 10.2. The van der Waals surface area contributed by atoms with Crippen molar-refractivity contribution in [3.8, 4) is 17.1 Å². The van der Waals surface area contributed by atoms with Crippen LogP contribution in [-0.2, 0) is 16.1 Å². The van der Waals surface area contributed by atoms with Crippen LogP contribution in [0, 0.1) is 0 Å². The Morgan fingerprint density at radius 2 is 1.96 bits per heavy atom. The lowest BCUT2D eigenvalue weighted by molar-refractivity contribution is -0.148. The summed E-state index contributed by atoms with van der Waals surface area (Å²) >= 11 is 3.34. The van der Waals surface area contributed by atoms with Crippen molar-refractivity contribution in [2.24, 2.45) is 0 Å². The lowest BCUT2D eigenvalue weighted by Gasteiger charge is -2.06. The number of esters is 1. The molecule has 0 spiro atoms. The summed E-state index contributed by atoms with van der Waals surface area (Å²) in [5.41, 5.74) is 0.917. The average molecular weight is 388 g/mol. The number of carbonyl (C=O) groups excluding carboxylic acids is 1. The van der Waals surface area contributed by atoms with E-state index >= 15 is 0 Å². The zero-order valence-electron chi connectivity index (χ0n) is 12.6. The number of ether oxygens (including phenoxy) is 2. The molecule has 0 saturated heterocycles. The van der Waals surface area contributed by atoms with Gasteiger partial charge in [-0.25, -0.2) is 9.78 Å². The third-order valence-electron chi connectivity index (χ3n) is 3.12. The largest absolute Gasteiger partial charge is 0.482 e. The van der Waals surface area contributed by atoms with E-state index in [1.165, 1.54) is 0 Å². The van der Waals surface area contributed by atoms with Crippen LogP contribution in [0.1, 0.15) is 5.89 Å². The molecule has 0 N–H and O–H groups in total. The smallest absolute Gasteiger partial charge is 0.344 e. The van der Waals surface area contributed by atoms with Crippen LogP contribution < -0.4 is 4.74 Å². The van der Waals surface area contributed by atoms with Crippen molar-refractivity contribution in [3.63, 3.8) is 0 Å². The van der Waals surface area contributed by atoms with Crippen LogP contribution in [0.15, 0.2) is 69.7 Å². The van der Waals surface area contributed by atoms with E-state index in [1.54, 1.807) is 18.3 Å². The highest BCUT2D eigenvalue weighted by atomic mass is 79.9. The molecule has 0 aliphatic carbocycles. The maximum absolute atomic E-state index is 11.7. The highest BCUT2D eigenvalue weighted by molar-refractivity contribution is 9.10. The minimum Gasteiger partial charge on any atom is -0.482 e. The van der Waals surface area contributed by atoms with Gasteiger partial charge in [-0.2, -0.15) is 0 Å². The number of benzene rings is 2. The standard InChI is InChI=1S/C18H14BrNO4/c19-14-7-4-8-15(9-14)22-12-18(21)23-11-17-20-10-16(24-17)13-5-2-1-3-6-13/h1-10H,11-12H2. The fourth-order valence-electron chi connectivity index (χ4n) is 2.00. The maximum atomic E-state index is 11.7. The molecule has 0 aliphatic heterocycles. The van der Waals surface area contributed by atoms with Crippen LogP contribution in [-0.4, -0.2) is 17.6 Å². The molecule has 1 heterocycles. The number of oxazole rings is 1. The van der Waals surface area contributed by atoms with Crippen molar-refractivity contribution in [3.05, 3.63) is 71.2 Å². The first-order chi connectivity index (χ1) is 11.7. The van der Waals surface area contributed by atoms with Gasteiger partial charge in [-0.1, -0.05) is 52.3 Å². The van der Waals surface area contributed by atoms with Gasteiger partial charge in [-0.05, 0) is 18.2 Å². The molecule has 0 saturated carbocycles. The monoisotopic (exact) mass is 387 g/mol. The van der Waals surface area contributed by atoms with Crippen molar-refractivity contribution in [1.29, 1.82) is 0 Å². The molecule has 2 aromatic carbocycles. The second-order valence-corrected chi connectivity index (χ2v) is 5.81. The Balaban J connectivity index is 1.49. The van der Waals surface area contributed by atoms with Gasteiger partial charge in [0.05, 0.1) is 6.20 Å². The molecule has 1 aromatic heterocycles. The second kappa shape index (κ2) is 7.79. The van der Waals surface area contributed by atoms with E-state index in [-0.39, 0.29) is 13.2 Å². The van der Waals surface area contributed by atoms with Crippen LogP contribution >= 0.6 is 15.9 Å². The first-order valence-electron chi connectivity index (χ1n) is 7.25. The summed E-state index contributed by atoms with van der Waals surface area (Å²) in [6.45, 7) is -0.212. The van der Waals surface area contributed by atoms with E-state index in [9.17, 15) is 4.79 Å². The van der Waals surface area contributed by atoms with Crippen molar-refractivity contribution in [1.82, 2.24) is 4.98 Å². The van der Waals surface area contributed by atoms with Gasteiger partial charge in [0.15, 0.2) is 19.0 Å². The summed E-state index contributed by atoms with van der Waals surface area (Å²) in [4.78, 5) is 15.8. The van der Waals surface area contributed by atoms with Gasteiger partial charge < -0.3 is 13.9 Å². The van der Waals surface area contributed by atoms with E-state index in [0.717, 1.165) is 10.0 Å². The summed E-state index contributed by atoms with van der Waals surface area (Å²) in [6, 6.07) is 16.8. The quantitative estimate of drug-likeness (QED) is 0.592. The molecule has 0 bridgehead atoms. The second-order valence-electron chi connectivity index (χ2n) is 4.89. The fourth-order valence-corrected chi connectivity index (χ4v) is 2.37. The molecular weight excluding hydrogens is 374 g/mol. The molecule has 24 heavy (non-hydrogen) atoms. The summed E-state index contributed by atoms with van der Waals surface area (Å²) in [5, 5.41) is 0. The van der Waals surface area contributed by atoms with Gasteiger partial charge in [-0.3, -0.25) is 0 Å². The van der Waals surface area contributed by atoms with Gasteiger partial charge in [0, 0.05) is 10.0 Å². The topological polar surface area (TPSA) is 61.6 Å². The SMILES string of the molecule is O=C(COc1cccc(Br)c1)OCc1ncc(-c2ccccc2)o1. The Labute approximate surface area is 147 Å². The van der Waals surface area contributed by atoms with Gasteiger partial charge in [0.25, 0.3) is 0 Å². The van der Waals surface area contributed by atoms with Gasteiger partial charge >= 0.3 is 5.97 Å². The van der Waals surface area contributed by atoms with Crippen molar-refractivity contribution < 1.29 is 18.7 Å². The first kappa shape index (κ1) is 16.3. The van der Waals surface area contributed by atoms with E-state index in [4.69, 9.17) is 13.9 Å². The number of rotatable bonds is 6. The summed E-state index contributed by atoms with van der Waals surface area (Å²) in [6.07, 6.45) is 1.61. The lowest BCUT2D eigenvalue weighted by Crippen LogP contribution is -2.14. The Kier molecular flexibility index (Phi) is 5.28. The molecule has 0 aliphatic rings. The van der Waals surface area contributed by atoms with Crippen molar-refractivity contribution >= 4 is 21.9 Å². The van der Waals surface area contributed by atoms with Crippen LogP contribution in [0.25, 0.3) is 11.3 Å². The molecule has 6 heteroatoms. The van der Waals surface area contributed by atoms with E-state index in [1.807, 2.05) is 42.5 Å². The number of aromatic nitrogens is 1. The number of nitrogens with zero attached hydrogens (tertiary/aromatic N) is 1.